The molecule has 0 radical (unpaired) electrons. The predicted octanol–water partition coefficient (Wildman–Crippen LogP) is 1.58. The van der Waals surface area contributed by atoms with Gasteiger partial charge in [-0.25, -0.2) is 0 Å². The molecule has 0 heterocycles. The van der Waals surface area contributed by atoms with Crippen LogP contribution in [0.2, 0.25) is 5.02 Å². The van der Waals surface area contributed by atoms with E-state index >= 15 is 0 Å². The van der Waals surface area contributed by atoms with Crippen molar-refractivity contribution in [1.29, 1.82) is 0 Å². The first-order chi connectivity index (χ1) is 9.10. The van der Waals surface area contributed by atoms with Crippen molar-refractivity contribution in [2.75, 3.05) is 13.6 Å². The minimum atomic E-state index is -0.663. The number of carbonyl (C=O) groups excluding carboxylic acids is 1. The Kier molecular flexibility index (Phi) is 6.20. The lowest BCUT2D eigenvalue weighted by Crippen LogP contribution is -2.36. The van der Waals surface area contributed by atoms with Crippen molar-refractivity contribution in [2.45, 2.75) is 19.6 Å². The number of amides is 1. The number of benzene rings is 1. The number of hydrogen-bond donors (Lipinski definition) is 2. The molecule has 19 heavy (non-hydrogen) atoms. The first-order valence-corrected chi connectivity index (χ1v) is 6.27. The zero-order valence-electron chi connectivity index (χ0n) is 11.0. The molecule has 1 aromatic carbocycles. The van der Waals surface area contributed by atoms with Crippen LogP contribution in [0.1, 0.15) is 12.5 Å². The van der Waals surface area contributed by atoms with Crippen LogP contribution < -0.4 is 15.4 Å². The maximum Gasteiger partial charge on any atom is 0.261 e. The van der Waals surface area contributed by atoms with Gasteiger partial charge >= 0.3 is 0 Å². The second-order valence-electron chi connectivity index (χ2n) is 3.94. The maximum atomic E-state index is 11.7. The highest BCUT2D eigenvalue weighted by molar-refractivity contribution is 6.32. The lowest BCUT2D eigenvalue weighted by molar-refractivity contribution is -0.127. The molecule has 0 spiro atoms. The van der Waals surface area contributed by atoms with E-state index in [9.17, 15) is 4.79 Å². The molecular formula is C14H17ClN2O2. The Morgan fingerprint density at radius 1 is 1.58 bits per heavy atom. The summed E-state index contributed by atoms with van der Waals surface area (Å²) in [5.41, 5.74) is 0.895. The van der Waals surface area contributed by atoms with Crippen molar-refractivity contribution in [3.63, 3.8) is 0 Å². The summed E-state index contributed by atoms with van der Waals surface area (Å²) in [6.45, 7) is 2.44. The molecule has 0 saturated heterocycles. The smallest absolute Gasteiger partial charge is 0.261 e. The summed E-state index contributed by atoms with van der Waals surface area (Å²) in [7, 11) is 1.83. The van der Waals surface area contributed by atoms with E-state index in [0.717, 1.165) is 5.56 Å². The first kappa shape index (κ1) is 15.4. The molecule has 0 aliphatic carbocycles. The normalized spacial score (nSPS) is 11.5. The Morgan fingerprint density at radius 3 is 2.95 bits per heavy atom. The zero-order chi connectivity index (χ0) is 14.3. The fourth-order valence-electron chi connectivity index (χ4n) is 1.53. The lowest BCUT2D eigenvalue weighted by atomic mass is 10.2. The Balaban J connectivity index is 2.81. The van der Waals surface area contributed by atoms with Gasteiger partial charge in [0.1, 0.15) is 5.75 Å². The fourth-order valence-corrected chi connectivity index (χ4v) is 1.77. The van der Waals surface area contributed by atoms with Crippen molar-refractivity contribution in [1.82, 2.24) is 10.6 Å². The third kappa shape index (κ3) is 4.47. The summed E-state index contributed by atoms with van der Waals surface area (Å²) >= 11 is 6.10. The quantitative estimate of drug-likeness (QED) is 0.778. The number of rotatable bonds is 6. The van der Waals surface area contributed by atoms with Gasteiger partial charge < -0.3 is 15.4 Å². The second-order valence-corrected chi connectivity index (χ2v) is 4.35. The number of carbonyl (C=O) groups is 1. The summed E-state index contributed by atoms with van der Waals surface area (Å²) in [5, 5.41) is 6.06. The maximum absolute atomic E-state index is 11.7. The van der Waals surface area contributed by atoms with Gasteiger partial charge in [0.2, 0.25) is 0 Å². The van der Waals surface area contributed by atoms with Gasteiger partial charge in [-0.1, -0.05) is 29.7 Å². The highest BCUT2D eigenvalue weighted by Crippen LogP contribution is 2.29. The van der Waals surface area contributed by atoms with Gasteiger partial charge in [-0.2, -0.15) is 0 Å². The summed E-state index contributed by atoms with van der Waals surface area (Å²) < 4.78 is 5.64. The number of ether oxygens (including phenoxy) is 1. The van der Waals surface area contributed by atoms with Gasteiger partial charge in [-0.3, -0.25) is 4.79 Å². The molecule has 0 saturated carbocycles. The number of para-hydroxylation sites is 1. The van der Waals surface area contributed by atoms with Crippen LogP contribution in [0.5, 0.6) is 5.75 Å². The SMILES string of the molecule is C#CCNC(=O)C(C)Oc1c(Cl)cccc1CNC. The monoisotopic (exact) mass is 280 g/mol. The largest absolute Gasteiger partial charge is 0.479 e. The average molecular weight is 281 g/mol. The van der Waals surface area contributed by atoms with Crippen LogP contribution in [-0.2, 0) is 11.3 Å². The van der Waals surface area contributed by atoms with Gasteiger partial charge in [0.15, 0.2) is 6.10 Å². The van der Waals surface area contributed by atoms with E-state index in [1.807, 2.05) is 19.2 Å². The molecule has 1 unspecified atom stereocenters. The topological polar surface area (TPSA) is 50.4 Å². The highest BCUT2D eigenvalue weighted by Gasteiger charge is 2.17. The van der Waals surface area contributed by atoms with Crippen LogP contribution in [0.4, 0.5) is 0 Å². The molecule has 0 aliphatic rings. The lowest BCUT2D eigenvalue weighted by Gasteiger charge is -2.17. The van der Waals surface area contributed by atoms with Crippen molar-refractivity contribution in [3.8, 4) is 18.1 Å². The Hall–Kier alpha value is -1.70. The molecule has 1 rings (SSSR count). The molecule has 0 aromatic heterocycles. The van der Waals surface area contributed by atoms with Crippen LogP contribution in [0, 0.1) is 12.3 Å². The van der Waals surface area contributed by atoms with Crippen molar-refractivity contribution < 1.29 is 9.53 Å². The molecule has 2 N–H and O–H groups in total. The highest BCUT2D eigenvalue weighted by atomic mass is 35.5. The van der Waals surface area contributed by atoms with Crippen LogP contribution in [-0.4, -0.2) is 25.6 Å². The third-order valence-electron chi connectivity index (χ3n) is 2.44. The van der Waals surface area contributed by atoms with Crippen LogP contribution >= 0.6 is 11.6 Å². The number of halogens is 1. The van der Waals surface area contributed by atoms with Gasteiger partial charge in [0.05, 0.1) is 11.6 Å². The van der Waals surface area contributed by atoms with Crippen LogP contribution in [0.25, 0.3) is 0 Å². The van der Waals surface area contributed by atoms with E-state index in [0.29, 0.717) is 17.3 Å². The standard InChI is InChI=1S/C14H17ClN2O2/c1-4-8-17-14(18)10(2)19-13-11(9-16-3)6-5-7-12(13)15/h1,5-7,10,16H,8-9H2,2-3H3,(H,17,18). The molecule has 1 aromatic rings. The molecule has 0 bridgehead atoms. The first-order valence-electron chi connectivity index (χ1n) is 5.90. The van der Waals surface area contributed by atoms with E-state index in [-0.39, 0.29) is 12.5 Å². The Bertz CT molecular complexity index is 483. The van der Waals surface area contributed by atoms with Crippen LogP contribution in [0.15, 0.2) is 18.2 Å². The van der Waals surface area contributed by atoms with Gasteiger partial charge in [-0.05, 0) is 20.0 Å². The molecule has 5 heteroatoms. The number of nitrogens with one attached hydrogen (secondary N) is 2. The minimum Gasteiger partial charge on any atom is -0.479 e. The fraction of sp³-hybridized carbons (Fsp3) is 0.357. The number of terminal acetylenes is 1. The van der Waals surface area contributed by atoms with Gasteiger partial charge in [0.25, 0.3) is 5.91 Å². The molecule has 102 valence electrons. The van der Waals surface area contributed by atoms with E-state index < -0.39 is 6.10 Å². The van der Waals surface area contributed by atoms with Gasteiger partial charge in [-0.15, -0.1) is 6.42 Å². The summed E-state index contributed by atoms with van der Waals surface area (Å²) in [6.07, 6.45) is 4.42. The molecular weight excluding hydrogens is 264 g/mol. The summed E-state index contributed by atoms with van der Waals surface area (Å²) in [4.78, 5) is 11.7. The van der Waals surface area contributed by atoms with E-state index in [4.69, 9.17) is 22.8 Å². The summed E-state index contributed by atoms with van der Waals surface area (Å²) in [6, 6.07) is 5.46. The van der Waals surface area contributed by atoms with Crippen LogP contribution in [0.3, 0.4) is 0 Å². The molecule has 0 fully saturated rings. The third-order valence-corrected chi connectivity index (χ3v) is 2.74. The molecule has 4 nitrogen and oxygen atoms in total. The Morgan fingerprint density at radius 2 is 2.32 bits per heavy atom. The van der Waals surface area contributed by atoms with Crippen molar-refractivity contribution in [2.24, 2.45) is 0 Å². The molecule has 0 aliphatic heterocycles. The van der Waals surface area contributed by atoms with E-state index in [2.05, 4.69) is 16.6 Å². The van der Waals surface area contributed by atoms with Crippen molar-refractivity contribution >= 4 is 17.5 Å². The van der Waals surface area contributed by atoms with Gasteiger partial charge in [0, 0.05) is 12.1 Å². The van der Waals surface area contributed by atoms with E-state index in [1.165, 1.54) is 0 Å². The number of hydrogen-bond acceptors (Lipinski definition) is 3. The molecule has 1 amide bonds. The average Bonchev–Trinajstić information content (AvgIpc) is 2.40. The molecule has 1 atom stereocenters. The Labute approximate surface area is 118 Å². The minimum absolute atomic E-state index is 0.179. The summed E-state index contributed by atoms with van der Waals surface area (Å²) in [5.74, 6) is 2.58. The van der Waals surface area contributed by atoms with E-state index in [1.54, 1.807) is 13.0 Å². The predicted molar refractivity (Wildman–Crippen MR) is 76.1 cm³/mol. The second kappa shape index (κ2) is 7.67. The van der Waals surface area contributed by atoms with Crippen molar-refractivity contribution in [3.05, 3.63) is 28.8 Å². The zero-order valence-corrected chi connectivity index (χ0v) is 11.8.